The van der Waals surface area contributed by atoms with E-state index in [0.717, 1.165) is 16.3 Å². The van der Waals surface area contributed by atoms with Gasteiger partial charge < -0.3 is 10.1 Å². The van der Waals surface area contributed by atoms with E-state index in [0.29, 0.717) is 19.6 Å². The number of fused-ring (bicyclic) bond motifs is 1. The van der Waals surface area contributed by atoms with Crippen LogP contribution in [0.1, 0.15) is 18.9 Å². The highest BCUT2D eigenvalue weighted by Gasteiger charge is 2.49. The summed E-state index contributed by atoms with van der Waals surface area (Å²) < 4.78 is 5.00. The van der Waals surface area contributed by atoms with Crippen LogP contribution in [0.5, 0.6) is 0 Å². The van der Waals surface area contributed by atoms with Crippen LogP contribution >= 0.6 is 0 Å². The molecule has 5 heteroatoms. The number of hydrogen-bond acceptors (Lipinski definition) is 3. The van der Waals surface area contributed by atoms with Crippen LogP contribution in [0.3, 0.4) is 0 Å². The summed E-state index contributed by atoms with van der Waals surface area (Å²) in [5.41, 5.74) is -0.214. The number of amides is 3. The van der Waals surface area contributed by atoms with Gasteiger partial charge in [0.1, 0.15) is 5.54 Å². The molecule has 0 aliphatic carbocycles. The average Bonchev–Trinajstić information content (AvgIpc) is 2.78. The fraction of sp³-hybridized carbons (Fsp3) is 0.333. The highest BCUT2D eigenvalue weighted by molar-refractivity contribution is 6.09. The van der Waals surface area contributed by atoms with Gasteiger partial charge in [-0.1, -0.05) is 42.5 Å². The lowest BCUT2D eigenvalue weighted by Crippen LogP contribution is -2.41. The number of nitrogens with one attached hydrogen (secondary N) is 1. The van der Waals surface area contributed by atoms with Crippen LogP contribution in [0, 0.1) is 0 Å². The predicted molar refractivity (Wildman–Crippen MR) is 88.0 cm³/mol. The molecular formula is C18H20N2O3. The molecule has 1 N–H and O–H groups in total. The Morgan fingerprint density at radius 1 is 1.13 bits per heavy atom. The first-order valence-corrected chi connectivity index (χ1v) is 7.69. The molecule has 23 heavy (non-hydrogen) atoms. The molecule has 1 aliphatic rings. The Morgan fingerprint density at radius 3 is 2.65 bits per heavy atom. The van der Waals surface area contributed by atoms with Crippen LogP contribution in [0.4, 0.5) is 4.79 Å². The minimum absolute atomic E-state index is 0.213. The zero-order valence-corrected chi connectivity index (χ0v) is 13.3. The third-order valence-corrected chi connectivity index (χ3v) is 4.33. The van der Waals surface area contributed by atoms with Gasteiger partial charge in [-0.3, -0.25) is 9.69 Å². The van der Waals surface area contributed by atoms with E-state index < -0.39 is 5.54 Å². The molecule has 1 atom stereocenters. The van der Waals surface area contributed by atoms with Gasteiger partial charge in [-0.2, -0.15) is 0 Å². The van der Waals surface area contributed by atoms with E-state index in [1.165, 1.54) is 4.90 Å². The van der Waals surface area contributed by atoms with Crippen molar-refractivity contribution in [1.82, 2.24) is 10.2 Å². The lowest BCUT2D eigenvalue weighted by atomic mass is 9.88. The van der Waals surface area contributed by atoms with Gasteiger partial charge in [0, 0.05) is 20.3 Å². The summed E-state index contributed by atoms with van der Waals surface area (Å²) >= 11 is 0. The van der Waals surface area contributed by atoms with Crippen LogP contribution in [-0.4, -0.2) is 37.1 Å². The summed E-state index contributed by atoms with van der Waals surface area (Å²) in [6.07, 6.45) is 0.626. The number of ether oxygens (including phenoxy) is 1. The number of carbonyl (C=O) groups is 2. The van der Waals surface area contributed by atoms with Gasteiger partial charge in [0.25, 0.3) is 5.91 Å². The van der Waals surface area contributed by atoms with Gasteiger partial charge in [0.05, 0.1) is 0 Å². The van der Waals surface area contributed by atoms with Crippen molar-refractivity contribution in [3.8, 4) is 0 Å². The molecule has 1 aliphatic heterocycles. The Morgan fingerprint density at radius 2 is 1.87 bits per heavy atom. The Bertz CT molecular complexity index is 754. The van der Waals surface area contributed by atoms with Crippen molar-refractivity contribution in [3.05, 3.63) is 48.0 Å². The first-order chi connectivity index (χ1) is 11.1. The second-order valence-corrected chi connectivity index (χ2v) is 5.89. The molecule has 3 rings (SSSR count). The third kappa shape index (κ3) is 2.57. The number of nitrogens with zero attached hydrogens (tertiary/aromatic N) is 1. The molecule has 3 amide bonds. The third-order valence-electron chi connectivity index (χ3n) is 4.33. The maximum absolute atomic E-state index is 12.9. The van der Waals surface area contributed by atoms with Crippen LogP contribution in [0.15, 0.2) is 42.5 Å². The fourth-order valence-electron chi connectivity index (χ4n) is 3.11. The molecule has 2 aromatic rings. The monoisotopic (exact) mass is 312 g/mol. The van der Waals surface area contributed by atoms with Gasteiger partial charge in [-0.05, 0) is 29.7 Å². The molecule has 0 bridgehead atoms. The van der Waals surface area contributed by atoms with E-state index in [2.05, 4.69) is 5.32 Å². The van der Waals surface area contributed by atoms with E-state index in [-0.39, 0.29) is 11.9 Å². The summed E-state index contributed by atoms with van der Waals surface area (Å²) in [6.45, 7) is 2.65. The minimum Gasteiger partial charge on any atom is -0.385 e. The number of hydrogen-bond donors (Lipinski definition) is 1. The average molecular weight is 312 g/mol. The largest absolute Gasteiger partial charge is 0.385 e. The first-order valence-electron chi connectivity index (χ1n) is 7.69. The summed E-state index contributed by atoms with van der Waals surface area (Å²) in [5, 5.41) is 4.89. The number of carbonyl (C=O) groups excluding carboxylic acids is 2. The normalized spacial score (nSPS) is 21.0. The zero-order valence-electron chi connectivity index (χ0n) is 13.3. The van der Waals surface area contributed by atoms with Crippen molar-refractivity contribution < 1.29 is 14.3 Å². The smallest absolute Gasteiger partial charge is 0.325 e. The number of imide groups is 1. The van der Waals surface area contributed by atoms with Gasteiger partial charge in [-0.15, -0.1) is 0 Å². The fourth-order valence-corrected chi connectivity index (χ4v) is 3.11. The van der Waals surface area contributed by atoms with Crippen LogP contribution < -0.4 is 5.32 Å². The van der Waals surface area contributed by atoms with Crippen molar-refractivity contribution >= 4 is 22.7 Å². The maximum atomic E-state index is 12.9. The number of benzene rings is 2. The summed E-state index contributed by atoms with van der Waals surface area (Å²) in [7, 11) is 1.60. The van der Waals surface area contributed by atoms with Gasteiger partial charge in [0.2, 0.25) is 0 Å². The number of urea groups is 1. The second kappa shape index (κ2) is 6.01. The van der Waals surface area contributed by atoms with Crippen molar-refractivity contribution in [2.45, 2.75) is 18.9 Å². The molecule has 2 aromatic carbocycles. The Kier molecular flexibility index (Phi) is 4.05. The molecule has 0 spiro atoms. The minimum atomic E-state index is -1.04. The van der Waals surface area contributed by atoms with E-state index in [4.69, 9.17) is 4.74 Å². The van der Waals surface area contributed by atoms with Gasteiger partial charge in [-0.25, -0.2) is 4.79 Å². The van der Waals surface area contributed by atoms with E-state index in [1.54, 1.807) is 14.0 Å². The Balaban J connectivity index is 1.98. The highest BCUT2D eigenvalue weighted by Crippen LogP contribution is 2.33. The molecule has 0 radical (unpaired) electrons. The van der Waals surface area contributed by atoms with Crippen LogP contribution in [0.25, 0.3) is 10.8 Å². The number of rotatable bonds is 5. The molecule has 5 nitrogen and oxygen atoms in total. The van der Waals surface area contributed by atoms with Crippen LogP contribution in [-0.2, 0) is 15.1 Å². The molecular weight excluding hydrogens is 292 g/mol. The summed E-state index contributed by atoms with van der Waals surface area (Å²) in [5.74, 6) is -0.213. The van der Waals surface area contributed by atoms with Gasteiger partial charge >= 0.3 is 6.03 Å². The van der Waals surface area contributed by atoms with Crippen molar-refractivity contribution in [2.24, 2.45) is 0 Å². The van der Waals surface area contributed by atoms with Crippen LogP contribution in [0.2, 0.25) is 0 Å². The van der Waals surface area contributed by atoms with E-state index in [9.17, 15) is 9.59 Å². The topological polar surface area (TPSA) is 58.6 Å². The molecule has 1 heterocycles. The van der Waals surface area contributed by atoms with E-state index in [1.807, 2.05) is 42.5 Å². The van der Waals surface area contributed by atoms with Gasteiger partial charge in [0.15, 0.2) is 0 Å². The highest BCUT2D eigenvalue weighted by atomic mass is 16.5. The van der Waals surface area contributed by atoms with Crippen molar-refractivity contribution in [1.29, 1.82) is 0 Å². The summed E-state index contributed by atoms with van der Waals surface area (Å²) in [4.78, 5) is 26.4. The molecule has 0 aromatic heterocycles. The zero-order chi connectivity index (χ0) is 16.4. The molecule has 0 saturated carbocycles. The Labute approximate surface area is 135 Å². The molecule has 1 saturated heterocycles. The molecule has 120 valence electrons. The standard InChI is InChI=1S/C18H20N2O3/c1-18(15-10-5-8-13-7-3-4-9-14(13)15)16(21)20(17(22)19-18)11-6-12-23-2/h3-5,7-10H,6,11-12H2,1-2H3,(H,19,22). The van der Waals surface area contributed by atoms with E-state index >= 15 is 0 Å². The second-order valence-electron chi connectivity index (χ2n) is 5.89. The summed E-state index contributed by atoms with van der Waals surface area (Å²) in [6, 6.07) is 13.3. The molecule has 1 fully saturated rings. The SMILES string of the molecule is COCCCN1C(=O)NC(C)(c2cccc3ccccc23)C1=O. The first kappa shape index (κ1) is 15.5. The Hall–Kier alpha value is -2.40. The lowest BCUT2D eigenvalue weighted by molar-refractivity contribution is -0.131. The molecule has 1 unspecified atom stereocenters. The predicted octanol–water partition coefficient (Wildman–Crippen LogP) is 2.64. The van der Waals surface area contributed by atoms with Crippen molar-refractivity contribution in [2.75, 3.05) is 20.3 Å². The quantitative estimate of drug-likeness (QED) is 0.682. The van der Waals surface area contributed by atoms with Crippen molar-refractivity contribution in [3.63, 3.8) is 0 Å². The lowest BCUT2D eigenvalue weighted by Gasteiger charge is -2.24. The maximum Gasteiger partial charge on any atom is 0.325 e. The number of methoxy groups -OCH3 is 1.